The highest BCUT2D eigenvalue weighted by atomic mass is 32.1. The van der Waals surface area contributed by atoms with Crippen LogP contribution in [0.1, 0.15) is 41.2 Å². The average Bonchev–Trinajstić information content (AvgIpc) is 2.81. The van der Waals surface area contributed by atoms with Crippen LogP contribution in [-0.4, -0.2) is 16.5 Å². The molecule has 2 heterocycles. The number of nitrogens with zero attached hydrogens (tertiary/aromatic N) is 2. The molecule has 2 rings (SSSR count). The molecule has 102 valence electrons. The summed E-state index contributed by atoms with van der Waals surface area (Å²) < 4.78 is 0. The normalized spacial score (nSPS) is 12.6. The molecule has 0 radical (unpaired) electrons. The van der Waals surface area contributed by atoms with Crippen LogP contribution in [0.5, 0.6) is 0 Å². The second kappa shape index (κ2) is 6.78. The van der Waals surface area contributed by atoms with Crippen molar-refractivity contribution in [1.29, 1.82) is 0 Å². The number of rotatable bonds is 6. The van der Waals surface area contributed by atoms with Crippen LogP contribution in [0.15, 0.2) is 23.8 Å². The average molecular weight is 275 g/mol. The van der Waals surface area contributed by atoms with Crippen molar-refractivity contribution in [3.05, 3.63) is 45.7 Å². The van der Waals surface area contributed by atoms with Gasteiger partial charge in [0.15, 0.2) is 0 Å². The summed E-state index contributed by atoms with van der Waals surface area (Å²) in [5, 5.41) is 6.91. The second-order valence-electron chi connectivity index (χ2n) is 4.83. The Kier molecular flexibility index (Phi) is 5.05. The van der Waals surface area contributed by atoms with Gasteiger partial charge in [0.05, 0.1) is 5.01 Å². The standard InChI is InChI=1S/C15H21N3S/c1-4-6-17-14(8-15-18-12(3)10-19-15)13-9-16-7-5-11(13)2/h5,7,9-10,14,17H,4,6,8H2,1-3H3. The van der Waals surface area contributed by atoms with Gasteiger partial charge in [-0.15, -0.1) is 11.3 Å². The van der Waals surface area contributed by atoms with Gasteiger partial charge in [-0.25, -0.2) is 4.98 Å². The molecule has 3 nitrogen and oxygen atoms in total. The predicted octanol–water partition coefficient (Wildman–Crippen LogP) is 3.44. The summed E-state index contributed by atoms with van der Waals surface area (Å²) in [5.74, 6) is 0. The molecule has 0 aliphatic rings. The van der Waals surface area contributed by atoms with Crippen molar-refractivity contribution >= 4 is 11.3 Å². The van der Waals surface area contributed by atoms with Crippen LogP contribution >= 0.6 is 11.3 Å². The van der Waals surface area contributed by atoms with Gasteiger partial charge in [0.25, 0.3) is 0 Å². The largest absolute Gasteiger partial charge is 0.310 e. The fourth-order valence-corrected chi connectivity index (χ4v) is 2.94. The maximum Gasteiger partial charge on any atom is 0.0947 e. The van der Waals surface area contributed by atoms with Crippen LogP contribution in [0.3, 0.4) is 0 Å². The van der Waals surface area contributed by atoms with E-state index in [2.05, 4.69) is 40.6 Å². The molecule has 0 aliphatic heterocycles. The highest BCUT2D eigenvalue weighted by molar-refractivity contribution is 7.09. The Hall–Kier alpha value is -1.26. The van der Waals surface area contributed by atoms with Crippen LogP contribution in [-0.2, 0) is 6.42 Å². The number of thiazole rings is 1. The molecule has 2 aromatic heterocycles. The van der Waals surface area contributed by atoms with E-state index in [1.807, 2.05) is 19.3 Å². The first-order valence-electron chi connectivity index (χ1n) is 6.75. The third-order valence-corrected chi connectivity index (χ3v) is 4.13. The zero-order valence-corrected chi connectivity index (χ0v) is 12.6. The Balaban J connectivity index is 2.18. The van der Waals surface area contributed by atoms with E-state index in [4.69, 9.17) is 0 Å². The first kappa shape index (κ1) is 14.2. The van der Waals surface area contributed by atoms with Crippen LogP contribution in [0.25, 0.3) is 0 Å². The lowest BCUT2D eigenvalue weighted by molar-refractivity contribution is 0.524. The molecule has 4 heteroatoms. The predicted molar refractivity (Wildman–Crippen MR) is 80.6 cm³/mol. The third-order valence-electron chi connectivity index (χ3n) is 3.14. The summed E-state index contributed by atoms with van der Waals surface area (Å²) >= 11 is 1.74. The lowest BCUT2D eigenvalue weighted by Gasteiger charge is -2.19. The number of hydrogen-bond acceptors (Lipinski definition) is 4. The van der Waals surface area contributed by atoms with E-state index < -0.39 is 0 Å². The van der Waals surface area contributed by atoms with Crippen LogP contribution in [0.2, 0.25) is 0 Å². The summed E-state index contributed by atoms with van der Waals surface area (Å²) in [4.78, 5) is 8.84. The molecule has 1 unspecified atom stereocenters. The van der Waals surface area contributed by atoms with Crippen LogP contribution < -0.4 is 5.32 Å². The molecule has 1 atom stereocenters. The SMILES string of the molecule is CCCNC(Cc1nc(C)cs1)c1cnccc1C. The van der Waals surface area contributed by atoms with Crippen molar-refractivity contribution < 1.29 is 0 Å². The van der Waals surface area contributed by atoms with E-state index in [0.717, 1.165) is 25.1 Å². The van der Waals surface area contributed by atoms with Crippen molar-refractivity contribution in [2.24, 2.45) is 0 Å². The summed E-state index contributed by atoms with van der Waals surface area (Å²) in [5.41, 5.74) is 3.68. The Morgan fingerprint density at radius 1 is 1.37 bits per heavy atom. The van der Waals surface area contributed by atoms with Gasteiger partial charge in [0, 0.05) is 35.9 Å². The van der Waals surface area contributed by atoms with Gasteiger partial charge < -0.3 is 5.32 Å². The first-order valence-corrected chi connectivity index (χ1v) is 7.63. The molecule has 1 N–H and O–H groups in total. The summed E-state index contributed by atoms with van der Waals surface area (Å²) in [7, 11) is 0. The number of nitrogens with one attached hydrogen (secondary N) is 1. The smallest absolute Gasteiger partial charge is 0.0947 e. The quantitative estimate of drug-likeness (QED) is 0.877. The van der Waals surface area contributed by atoms with Crippen molar-refractivity contribution in [3.8, 4) is 0 Å². The molecule has 0 amide bonds. The molecule has 0 saturated carbocycles. The number of hydrogen-bond donors (Lipinski definition) is 1. The van der Waals surface area contributed by atoms with Crippen LogP contribution in [0.4, 0.5) is 0 Å². The van der Waals surface area contributed by atoms with Gasteiger partial charge in [-0.2, -0.15) is 0 Å². The third kappa shape index (κ3) is 3.85. The van der Waals surface area contributed by atoms with Crippen molar-refractivity contribution in [1.82, 2.24) is 15.3 Å². The van der Waals surface area contributed by atoms with Crippen molar-refractivity contribution in [2.45, 2.75) is 39.7 Å². The van der Waals surface area contributed by atoms with E-state index in [9.17, 15) is 0 Å². The Morgan fingerprint density at radius 2 is 2.21 bits per heavy atom. The molecular weight excluding hydrogens is 254 g/mol. The molecule has 19 heavy (non-hydrogen) atoms. The maximum absolute atomic E-state index is 4.57. The monoisotopic (exact) mass is 275 g/mol. The van der Waals surface area contributed by atoms with Gasteiger partial charge in [-0.3, -0.25) is 4.98 Å². The van der Waals surface area contributed by atoms with Gasteiger partial charge in [0.1, 0.15) is 0 Å². The Morgan fingerprint density at radius 3 is 2.84 bits per heavy atom. The van der Waals surface area contributed by atoms with Gasteiger partial charge in [-0.05, 0) is 44.0 Å². The lowest BCUT2D eigenvalue weighted by Crippen LogP contribution is -2.25. The minimum Gasteiger partial charge on any atom is -0.310 e. The van der Waals surface area contributed by atoms with Gasteiger partial charge in [-0.1, -0.05) is 6.92 Å². The fraction of sp³-hybridized carbons (Fsp3) is 0.467. The van der Waals surface area contributed by atoms with E-state index in [-0.39, 0.29) is 0 Å². The maximum atomic E-state index is 4.57. The highest BCUT2D eigenvalue weighted by Crippen LogP contribution is 2.22. The molecule has 0 fully saturated rings. The van der Waals surface area contributed by atoms with Gasteiger partial charge in [0.2, 0.25) is 0 Å². The molecule has 0 spiro atoms. The van der Waals surface area contributed by atoms with Crippen molar-refractivity contribution in [3.63, 3.8) is 0 Å². The molecule has 0 bridgehead atoms. The highest BCUT2D eigenvalue weighted by Gasteiger charge is 2.15. The van der Waals surface area contributed by atoms with E-state index in [1.54, 1.807) is 11.3 Å². The number of aromatic nitrogens is 2. The van der Waals surface area contributed by atoms with Crippen molar-refractivity contribution in [2.75, 3.05) is 6.54 Å². The Bertz CT molecular complexity index is 522. The topological polar surface area (TPSA) is 37.8 Å². The number of aryl methyl sites for hydroxylation is 2. The van der Waals surface area contributed by atoms with E-state index in [1.165, 1.54) is 16.1 Å². The zero-order chi connectivity index (χ0) is 13.7. The summed E-state index contributed by atoms with van der Waals surface area (Å²) in [6.45, 7) is 7.39. The molecule has 0 saturated heterocycles. The fourth-order valence-electron chi connectivity index (χ4n) is 2.12. The van der Waals surface area contributed by atoms with E-state index >= 15 is 0 Å². The molecule has 0 aliphatic carbocycles. The first-order chi connectivity index (χ1) is 9.20. The second-order valence-corrected chi connectivity index (χ2v) is 5.77. The number of pyridine rings is 1. The zero-order valence-electron chi connectivity index (χ0n) is 11.8. The minimum atomic E-state index is 0.305. The molecule has 0 aromatic carbocycles. The minimum absolute atomic E-state index is 0.305. The molecule has 2 aromatic rings. The molecular formula is C15H21N3S. The summed E-state index contributed by atoms with van der Waals surface area (Å²) in [6, 6.07) is 2.38. The van der Waals surface area contributed by atoms with Crippen LogP contribution in [0, 0.1) is 13.8 Å². The summed E-state index contributed by atoms with van der Waals surface area (Å²) in [6.07, 6.45) is 5.89. The Labute approximate surface area is 119 Å². The lowest BCUT2D eigenvalue weighted by atomic mass is 10.0. The van der Waals surface area contributed by atoms with E-state index in [0.29, 0.717) is 6.04 Å². The van der Waals surface area contributed by atoms with Gasteiger partial charge >= 0.3 is 0 Å².